The SMILES string of the molecule is CCCCCCCCCCCCCCCCCCCCCCCCCCCCCCCCCCCCCCCCCCCCCCCCC=C(O)C=O. The molecule has 0 aliphatic carbocycles. The molecule has 0 radical (unpaired) electrons. The van der Waals surface area contributed by atoms with Gasteiger partial charge in [0.05, 0.1) is 0 Å². The van der Waals surface area contributed by atoms with E-state index in [1.54, 1.807) is 6.08 Å². The van der Waals surface area contributed by atoms with Gasteiger partial charge in [-0.3, -0.25) is 4.79 Å². The minimum absolute atomic E-state index is 0.114. The first kappa shape index (κ1) is 52.2. The average Bonchev–Trinajstić information content (AvgIpc) is 3.17. The number of unbranched alkanes of at least 4 members (excludes halogenated alkanes) is 46. The summed E-state index contributed by atoms with van der Waals surface area (Å²) in [4.78, 5) is 10.3. The maximum atomic E-state index is 10.3. The third kappa shape index (κ3) is 49.2. The number of hydrogen-bond donors (Lipinski definition) is 1. The summed E-state index contributed by atoms with van der Waals surface area (Å²) < 4.78 is 0. The Morgan fingerprint density at radius 3 is 0.585 bits per heavy atom. The first-order valence-corrected chi connectivity index (χ1v) is 25.2. The molecule has 0 rings (SSSR count). The highest BCUT2D eigenvalue weighted by Crippen LogP contribution is 2.18. The van der Waals surface area contributed by atoms with E-state index in [0.717, 1.165) is 12.8 Å². The number of aliphatic hydroxyl groups is 1. The number of carbonyl (C=O) groups is 1. The fraction of sp³-hybridized carbons (Fsp3) is 0.941. The van der Waals surface area contributed by atoms with E-state index in [9.17, 15) is 4.79 Å². The van der Waals surface area contributed by atoms with Gasteiger partial charge in [-0.2, -0.15) is 0 Å². The molecule has 0 unspecified atom stereocenters. The van der Waals surface area contributed by atoms with Crippen LogP contribution in [0.5, 0.6) is 0 Å². The van der Waals surface area contributed by atoms with Gasteiger partial charge in [0, 0.05) is 0 Å². The number of aliphatic hydroxyl groups excluding tert-OH is 1. The average molecular weight is 745 g/mol. The van der Waals surface area contributed by atoms with Gasteiger partial charge in [-0.1, -0.05) is 296 Å². The van der Waals surface area contributed by atoms with E-state index in [-0.39, 0.29) is 5.76 Å². The van der Waals surface area contributed by atoms with Gasteiger partial charge in [-0.05, 0) is 18.9 Å². The van der Waals surface area contributed by atoms with Crippen molar-refractivity contribution in [3.05, 3.63) is 11.8 Å². The van der Waals surface area contributed by atoms with Crippen LogP contribution in [-0.2, 0) is 4.79 Å². The molecule has 316 valence electrons. The Hall–Kier alpha value is -0.790. The number of hydrogen-bond acceptors (Lipinski definition) is 2. The van der Waals surface area contributed by atoms with E-state index in [4.69, 9.17) is 5.11 Å². The van der Waals surface area contributed by atoms with E-state index >= 15 is 0 Å². The Morgan fingerprint density at radius 2 is 0.434 bits per heavy atom. The van der Waals surface area contributed by atoms with Gasteiger partial charge in [-0.25, -0.2) is 0 Å². The second-order valence-corrected chi connectivity index (χ2v) is 17.4. The van der Waals surface area contributed by atoms with Crippen LogP contribution in [0.15, 0.2) is 11.8 Å². The van der Waals surface area contributed by atoms with Crippen molar-refractivity contribution in [1.29, 1.82) is 0 Å². The van der Waals surface area contributed by atoms with Crippen LogP contribution in [0.3, 0.4) is 0 Å². The van der Waals surface area contributed by atoms with E-state index in [2.05, 4.69) is 6.92 Å². The van der Waals surface area contributed by atoms with Crippen LogP contribution < -0.4 is 0 Å². The fourth-order valence-electron chi connectivity index (χ4n) is 8.29. The predicted molar refractivity (Wildman–Crippen MR) is 239 cm³/mol. The quantitative estimate of drug-likeness (QED) is 0.0291. The van der Waals surface area contributed by atoms with E-state index < -0.39 is 0 Å². The lowest BCUT2D eigenvalue weighted by Crippen LogP contribution is -1.85. The molecule has 0 amide bonds. The summed E-state index contributed by atoms with van der Waals surface area (Å²) >= 11 is 0. The summed E-state index contributed by atoms with van der Waals surface area (Å²) in [5.41, 5.74) is 0. The van der Waals surface area contributed by atoms with Crippen LogP contribution in [0.1, 0.15) is 309 Å². The molecule has 0 aromatic heterocycles. The highest BCUT2D eigenvalue weighted by atomic mass is 16.3. The lowest BCUT2D eigenvalue weighted by molar-refractivity contribution is -0.107. The monoisotopic (exact) mass is 745 g/mol. The van der Waals surface area contributed by atoms with E-state index in [1.807, 2.05) is 0 Å². The molecule has 2 heteroatoms. The smallest absolute Gasteiger partial charge is 0.184 e. The molecular formula is C51H100O2. The second-order valence-electron chi connectivity index (χ2n) is 17.4. The van der Waals surface area contributed by atoms with Crippen LogP contribution in [-0.4, -0.2) is 11.4 Å². The molecule has 0 aromatic rings. The molecule has 0 saturated heterocycles. The summed E-state index contributed by atoms with van der Waals surface area (Å²) in [5, 5.41) is 9.10. The van der Waals surface area contributed by atoms with Crippen molar-refractivity contribution in [2.45, 2.75) is 309 Å². The van der Waals surface area contributed by atoms with Crippen molar-refractivity contribution < 1.29 is 9.90 Å². The summed E-state index contributed by atoms with van der Waals surface area (Å²) in [5.74, 6) is -0.114. The summed E-state index contributed by atoms with van der Waals surface area (Å²) in [7, 11) is 0. The van der Waals surface area contributed by atoms with Crippen molar-refractivity contribution in [3.63, 3.8) is 0 Å². The van der Waals surface area contributed by atoms with E-state index in [1.165, 1.54) is 289 Å². The Kier molecular flexibility index (Phi) is 48.5. The van der Waals surface area contributed by atoms with Crippen molar-refractivity contribution >= 4 is 6.29 Å². The Balaban J connectivity index is 3.07. The predicted octanol–water partition coefficient (Wildman–Crippen LogP) is 19.0. The lowest BCUT2D eigenvalue weighted by atomic mass is 10.0. The molecule has 1 N–H and O–H groups in total. The summed E-state index contributed by atoms with van der Waals surface area (Å²) in [6.07, 6.45) is 69.5. The molecular weight excluding hydrogens is 645 g/mol. The van der Waals surface area contributed by atoms with E-state index in [0.29, 0.717) is 6.29 Å². The number of rotatable bonds is 48. The molecule has 0 spiro atoms. The van der Waals surface area contributed by atoms with Crippen LogP contribution in [0.25, 0.3) is 0 Å². The van der Waals surface area contributed by atoms with Crippen LogP contribution in [0, 0.1) is 0 Å². The maximum Gasteiger partial charge on any atom is 0.184 e. The summed E-state index contributed by atoms with van der Waals surface area (Å²) in [6, 6.07) is 0. The molecule has 0 aromatic carbocycles. The minimum Gasteiger partial charge on any atom is -0.505 e. The number of allylic oxidation sites excluding steroid dienone is 2. The largest absolute Gasteiger partial charge is 0.505 e. The third-order valence-corrected chi connectivity index (χ3v) is 12.0. The fourth-order valence-corrected chi connectivity index (χ4v) is 8.29. The molecule has 0 aliphatic rings. The third-order valence-electron chi connectivity index (χ3n) is 12.0. The Morgan fingerprint density at radius 1 is 0.283 bits per heavy atom. The maximum absolute atomic E-state index is 10.3. The van der Waals surface area contributed by atoms with Gasteiger partial charge in [-0.15, -0.1) is 0 Å². The van der Waals surface area contributed by atoms with Crippen LogP contribution >= 0.6 is 0 Å². The van der Waals surface area contributed by atoms with Gasteiger partial charge >= 0.3 is 0 Å². The Bertz CT molecular complexity index is 684. The second kappa shape index (κ2) is 49.2. The van der Waals surface area contributed by atoms with Crippen molar-refractivity contribution in [2.24, 2.45) is 0 Å². The van der Waals surface area contributed by atoms with Gasteiger partial charge < -0.3 is 5.11 Å². The van der Waals surface area contributed by atoms with Crippen molar-refractivity contribution in [2.75, 3.05) is 0 Å². The van der Waals surface area contributed by atoms with Crippen molar-refractivity contribution in [3.8, 4) is 0 Å². The molecule has 53 heavy (non-hydrogen) atoms. The zero-order valence-electron chi connectivity index (χ0n) is 36.7. The number of carbonyl (C=O) groups excluding carboxylic acids is 1. The van der Waals surface area contributed by atoms with Gasteiger partial charge in [0.15, 0.2) is 12.0 Å². The molecule has 0 aliphatic heterocycles. The highest BCUT2D eigenvalue weighted by Gasteiger charge is 1.99. The number of aldehydes is 1. The highest BCUT2D eigenvalue weighted by molar-refractivity contribution is 5.69. The molecule has 0 bridgehead atoms. The van der Waals surface area contributed by atoms with Crippen LogP contribution in [0.4, 0.5) is 0 Å². The molecule has 0 heterocycles. The van der Waals surface area contributed by atoms with Crippen molar-refractivity contribution in [1.82, 2.24) is 0 Å². The summed E-state index contributed by atoms with van der Waals surface area (Å²) in [6.45, 7) is 2.31. The van der Waals surface area contributed by atoms with Gasteiger partial charge in [0.1, 0.15) is 0 Å². The van der Waals surface area contributed by atoms with Crippen LogP contribution in [0.2, 0.25) is 0 Å². The Labute approximate surface area is 335 Å². The normalized spacial score (nSPS) is 11.9. The minimum atomic E-state index is -0.114. The van der Waals surface area contributed by atoms with Gasteiger partial charge in [0.25, 0.3) is 0 Å². The zero-order chi connectivity index (χ0) is 38.2. The standard InChI is InChI=1S/C51H100O2/c1-2-3-4-5-6-7-8-9-10-11-12-13-14-15-16-17-18-19-20-21-22-23-24-25-26-27-28-29-30-31-32-33-34-35-36-37-38-39-40-41-42-43-44-45-46-47-48-49-51(53)50-52/h49-50,53H,2-48H2,1H3. The molecule has 0 atom stereocenters. The molecule has 0 fully saturated rings. The first-order valence-electron chi connectivity index (χ1n) is 25.2. The van der Waals surface area contributed by atoms with Gasteiger partial charge in [0.2, 0.25) is 0 Å². The molecule has 0 saturated carbocycles. The topological polar surface area (TPSA) is 37.3 Å². The first-order chi connectivity index (χ1) is 26.3. The molecule has 2 nitrogen and oxygen atoms in total. The zero-order valence-corrected chi connectivity index (χ0v) is 36.7. The lowest BCUT2D eigenvalue weighted by Gasteiger charge is -2.05.